The van der Waals surface area contributed by atoms with Gasteiger partial charge in [0.1, 0.15) is 28.5 Å². The van der Waals surface area contributed by atoms with Crippen molar-refractivity contribution >= 4 is 0 Å². The molecule has 0 heterocycles. The molecule has 0 saturated heterocycles. The maximum Gasteiger partial charge on any atom is 0.132 e. The van der Waals surface area contributed by atoms with Crippen molar-refractivity contribution in [3.8, 4) is 17.2 Å². The van der Waals surface area contributed by atoms with Crippen LogP contribution >= 0.6 is 0 Å². The Morgan fingerprint density at radius 3 is 1.59 bits per heavy atom. The van der Waals surface area contributed by atoms with Gasteiger partial charge in [0.15, 0.2) is 0 Å². The van der Waals surface area contributed by atoms with E-state index in [2.05, 4.69) is 0 Å². The Labute approximate surface area is 161 Å². The fraction of sp³-hybridized carbons (Fsp3) is 0.250. The van der Waals surface area contributed by atoms with Crippen molar-refractivity contribution < 1.29 is 14.6 Å². The zero-order valence-electron chi connectivity index (χ0n) is 16.3. The van der Waals surface area contributed by atoms with Crippen LogP contribution in [0.1, 0.15) is 38.8 Å². The number of hydrogen-bond donors (Lipinski definition) is 1. The Balaban J connectivity index is 2.01. The topological polar surface area (TPSA) is 38.7 Å². The third-order valence-electron chi connectivity index (χ3n) is 4.53. The molecule has 0 amide bonds. The average molecular weight is 362 g/mol. The van der Waals surface area contributed by atoms with Crippen LogP contribution < -0.4 is 9.47 Å². The number of benzene rings is 3. The van der Waals surface area contributed by atoms with Gasteiger partial charge < -0.3 is 14.6 Å². The van der Waals surface area contributed by atoms with Gasteiger partial charge in [-0.2, -0.15) is 0 Å². The van der Waals surface area contributed by atoms with Gasteiger partial charge in [0, 0.05) is 11.1 Å². The quantitative estimate of drug-likeness (QED) is 0.583. The average Bonchev–Trinajstić information content (AvgIpc) is 2.62. The summed E-state index contributed by atoms with van der Waals surface area (Å²) < 4.78 is 12.5. The van der Waals surface area contributed by atoms with E-state index in [0.717, 1.165) is 22.6 Å². The maximum absolute atomic E-state index is 10.7. The molecule has 0 atom stereocenters. The molecule has 3 nitrogen and oxygen atoms in total. The van der Waals surface area contributed by atoms with E-state index in [1.807, 2.05) is 100 Å². The molecule has 27 heavy (non-hydrogen) atoms. The minimum Gasteiger partial charge on any atom is -0.508 e. The Morgan fingerprint density at radius 1 is 0.593 bits per heavy atom. The number of ether oxygens (including phenoxy) is 2. The summed E-state index contributed by atoms with van der Waals surface area (Å²) in [6.07, 6.45) is 0. The van der Waals surface area contributed by atoms with E-state index >= 15 is 0 Å². The summed E-state index contributed by atoms with van der Waals surface area (Å²) >= 11 is 0. The van der Waals surface area contributed by atoms with Crippen LogP contribution in [0.4, 0.5) is 0 Å². The fourth-order valence-electron chi connectivity index (χ4n) is 3.35. The lowest BCUT2D eigenvalue weighted by molar-refractivity contribution is 0.0802. The molecule has 140 valence electrons. The van der Waals surface area contributed by atoms with Crippen LogP contribution in [0.3, 0.4) is 0 Å². The van der Waals surface area contributed by atoms with Gasteiger partial charge in [-0.3, -0.25) is 0 Å². The molecule has 0 spiro atoms. The number of phenols is 1. The molecular weight excluding hydrogens is 336 g/mol. The maximum atomic E-state index is 10.7. The molecule has 3 heteroatoms. The number of rotatable bonds is 6. The number of hydrogen-bond acceptors (Lipinski definition) is 3. The van der Waals surface area contributed by atoms with Crippen molar-refractivity contribution in [2.45, 2.75) is 38.9 Å². The largest absolute Gasteiger partial charge is 0.508 e. The highest BCUT2D eigenvalue weighted by molar-refractivity contribution is 5.47. The summed E-state index contributed by atoms with van der Waals surface area (Å²) in [5.41, 5.74) is 0.189. The zero-order valence-corrected chi connectivity index (χ0v) is 16.3. The molecule has 0 radical (unpaired) electrons. The van der Waals surface area contributed by atoms with Gasteiger partial charge in [-0.1, -0.05) is 48.5 Å². The molecule has 3 aromatic rings. The third kappa shape index (κ3) is 4.25. The molecule has 0 saturated carbocycles. The fourth-order valence-corrected chi connectivity index (χ4v) is 3.35. The number of para-hydroxylation sites is 2. The monoisotopic (exact) mass is 362 g/mol. The Morgan fingerprint density at radius 2 is 1.07 bits per heavy atom. The summed E-state index contributed by atoms with van der Waals surface area (Å²) in [5, 5.41) is 10.7. The predicted octanol–water partition coefficient (Wildman–Crippen LogP) is 6.02. The SMILES string of the molecule is CC(C)(Oc1ccccc1)c1cccc(O)c1C(C)(C)Oc1ccccc1. The van der Waals surface area contributed by atoms with Gasteiger partial charge in [-0.15, -0.1) is 0 Å². The molecule has 3 aromatic carbocycles. The van der Waals surface area contributed by atoms with E-state index in [0.29, 0.717) is 0 Å². The lowest BCUT2D eigenvalue weighted by Gasteiger charge is -2.35. The van der Waals surface area contributed by atoms with Crippen LogP contribution in [0.5, 0.6) is 17.2 Å². The Bertz CT molecular complexity index is 884. The summed E-state index contributed by atoms with van der Waals surface area (Å²) in [7, 11) is 0. The van der Waals surface area contributed by atoms with Gasteiger partial charge in [-0.25, -0.2) is 0 Å². The van der Waals surface area contributed by atoms with Crippen molar-refractivity contribution in [1.29, 1.82) is 0 Å². The van der Waals surface area contributed by atoms with Crippen molar-refractivity contribution in [2.75, 3.05) is 0 Å². The summed E-state index contributed by atoms with van der Waals surface area (Å²) in [5.74, 6) is 1.72. The van der Waals surface area contributed by atoms with E-state index < -0.39 is 11.2 Å². The standard InChI is InChI=1S/C24H26O3/c1-23(2,26-18-12-7-5-8-13-18)20-16-11-17-21(25)22(20)24(3,4)27-19-14-9-6-10-15-19/h5-17,25H,1-4H3. The molecule has 0 bridgehead atoms. The lowest BCUT2D eigenvalue weighted by Crippen LogP contribution is -2.33. The molecule has 0 aliphatic carbocycles. The molecule has 0 unspecified atom stereocenters. The van der Waals surface area contributed by atoms with Crippen LogP contribution in [0.15, 0.2) is 78.9 Å². The minimum absolute atomic E-state index is 0.193. The third-order valence-corrected chi connectivity index (χ3v) is 4.53. The highest BCUT2D eigenvalue weighted by atomic mass is 16.5. The molecule has 0 aromatic heterocycles. The smallest absolute Gasteiger partial charge is 0.132 e. The normalized spacial score (nSPS) is 11.9. The van der Waals surface area contributed by atoms with Gasteiger partial charge in [0.25, 0.3) is 0 Å². The first-order chi connectivity index (χ1) is 12.8. The van der Waals surface area contributed by atoms with Crippen LogP contribution in [0, 0.1) is 0 Å². The second-order valence-electron chi connectivity index (χ2n) is 7.55. The van der Waals surface area contributed by atoms with E-state index in [1.54, 1.807) is 6.07 Å². The predicted molar refractivity (Wildman–Crippen MR) is 108 cm³/mol. The van der Waals surface area contributed by atoms with Gasteiger partial charge >= 0.3 is 0 Å². The van der Waals surface area contributed by atoms with Crippen molar-refractivity contribution in [3.63, 3.8) is 0 Å². The van der Waals surface area contributed by atoms with Crippen molar-refractivity contribution in [2.24, 2.45) is 0 Å². The molecular formula is C24H26O3. The zero-order chi connectivity index (χ0) is 19.5. The van der Waals surface area contributed by atoms with E-state index in [-0.39, 0.29) is 5.75 Å². The second-order valence-corrected chi connectivity index (χ2v) is 7.55. The molecule has 0 fully saturated rings. The van der Waals surface area contributed by atoms with Crippen LogP contribution in [0.2, 0.25) is 0 Å². The first kappa shape index (κ1) is 18.8. The van der Waals surface area contributed by atoms with Gasteiger partial charge in [-0.05, 0) is 58.0 Å². The van der Waals surface area contributed by atoms with Crippen LogP contribution in [0.25, 0.3) is 0 Å². The highest BCUT2D eigenvalue weighted by Crippen LogP contribution is 2.41. The van der Waals surface area contributed by atoms with Crippen LogP contribution in [-0.4, -0.2) is 5.11 Å². The molecule has 0 aliphatic rings. The highest BCUT2D eigenvalue weighted by Gasteiger charge is 2.36. The molecule has 0 aliphatic heterocycles. The second kappa shape index (κ2) is 7.36. The Hall–Kier alpha value is -2.94. The summed E-state index contributed by atoms with van der Waals surface area (Å²) in [6.45, 7) is 7.90. The molecule has 1 N–H and O–H groups in total. The van der Waals surface area contributed by atoms with E-state index in [9.17, 15) is 5.11 Å². The van der Waals surface area contributed by atoms with Crippen molar-refractivity contribution in [1.82, 2.24) is 0 Å². The van der Waals surface area contributed by atoms with Gasteiger partial charge in [0.05, 0.1) is 0 Å². The Kier molecular flexibility index (Phi) is 5.13. The minimum atomic E-state index is -0.751. The van der Waals surface area contributed by atoms with Gasteiger partial charge in [0.2, 0.25) is 0 Å². The van der Waals surface area contributed by atoms with Crippen LogP contribution in [-0.2, 0) is 11.2 Å². The summed E-state index contributed by atoms with van der Waals surface area (Å²) in [6, 6.07) is 24.8. The van der Waals surface area contributed by atoms with Crippen molar-refractivity contribution in [3.05, 3.63) is 90.0 Å². The number of phenolic OH excluding ortho intramolecular Hbond substituents is 1. The first-order valence-electron chi connectivity index (χ1n) is 9.11. The van der Waals surface area contributed by atoms with E-state index in [1.165, 1.54) is 0 Å². The number of aromatic hydroxyl groups is 1. The lowest BCUT2D eigenvalue weighted by atomic mass is 9.84. The first-order valence-corrected chi connectivity index (χ1v) is 9.11. The molecule has 3 rings (SSSR count). The van der Waals surface area contributed by atoms with E-state index in [4.69, 9.17) is 9.47 Å². The summed E-state index contributed by atoms with van der Waals surface area (Å²) in [4.78, 5) is 0.